The van der Waals surface area contributed by atoms with Crippen LogP contribution in [0.5, 0.6) is 0 Å². The van der Waals surface area contributed by atoms with Crippen LogP contribution < -0.4 is 5.73 Å². The highest BCUT2D eigenvalue weighted by molar-refractivity contribution is 7.80. The molecule has 3 nitrogen and oxygen atoms in total. The van der Waals surface area contributed by atoms with Crippen molar-refractivity contribution >= 4 is 17.2 Å². The predicted molar refractivity (Wildman–Crippen MR) is 44.0 cm³/mol. The van der Waals surface area contributed by atoms with Crippen molar-refractivity contribution in [2.45, 2.75) is 6.10 Å². The second-order valence-electron chi connectivity index (χ2n) is 2.52. The van der Waals surface area contributed by atoms with Crippen molar-refractivity contribution in [2.75, 3.05) is 26.7 Å². The first-order valence-corrected chi connectivity index (χ1v) is 3.70. The monoisotopic (exact) mass is 160 g/mol. The van der Waals surface area contributed by atoms with Crippen LogP contribution in [-0.2, 0) is 4.74 Å². The molecule has 10 heavy (non-hydrogen) atoms. The van der Waals surface area contributed by atoms with Gasteiger partial charge in [-0.3, -0.25) is 0 Å². The van der Waals surface area contributed by atoms with Crippen LogP contribution in [0.15, 0.2) is 0 Å². The van der Waals surface area contributed by atoms with Crippen LogP contribution in [0, 0.1) is 0 Å². The maximum atomic E-state index is 5.41. The van der Waals surface area contributed by atoms with Gasteiger partial charge in [0.25, 0.3) is 0 Å². The Morgan fingerprint density at radius 3 is 2.90 bits per heavy atom. The molecule has 58 valence electrons. The van der Waals surface area contributed by atoms with Crippen LogP contribution in [0.1, 0.15) is 0 Å². The van der Waals surface area contributed by atoms with Gasteiger partial charge in [-0.25, -0.2) is 0 Å². The molecule has 0 spiro atoms. The molecule has 1 aliphatic rings. The Balaban J connectivity index is 2.39. The lowest BCUT2D eigenvalue weighted by molar-refractivity contribution is 0.0180. The number of likely N-dealkylation sites (N-methyl/N-ethyl adjacent to an activating group) is 1. The van der Waals surface area contributed by atoms with Crippen LogP contribution in [0.3, 0.4) is 0 Å². The smallest absolute Gasteiger partial charge is 0.120 e. The summed E-state index contributed by atoms with van der Waals surface area (Å²) in [6, 6.07) is 0. The summed E-state index contributed by atoms with van der Waals surface area (Å²) in [5, 5.41) is 0. The number of nitrogens with zero attached hydrogens (tertiary/aromatic N) is 1. The molecule has 0 bridgehead atoms. The summed E-state index contributed by atoms with van der Waals surface area (Å²) >= 11 is 4.79. The highest BCUT2D eigenvalue weighted by atomic mass is 32.1. The van der Waals surface area contributed by atoms with Crippen LogP contribution >= 0.6 is 12.2 Å². The normalized spacial score (nSPS) is 28.3. The average Bonchev–Trinajstić information content (AvgIpc) is 1.88. The number of nitrogens with two attached hydrogens (primary N) is 1. The van der Waals surface area contributed by atoms with Gasteiger partial charge >= 0.3 is 0 Å². The molecule has 0 aliphatic carbocycles. The standard InChI is InChI=1S/C6H12N2OS/c1-8-2-3-9-5(4-8)6(7)10/h5H,2-4H2,1H3,(H2,7,10)/t5-/m0/s1. The fourth-order valence-electron chi connectivity index (χ4n) is 0.950. The number of thiocarbonyl (C=S) groups is 1. The van der Waals surface area contributed by atoms with Gasteiger partial charge in [-0.2, -0.15) is 0 Å². The molecule has 1 rings (SSSR count). The van der Waals surface area contributed by atoms with Crippen molar-refractivity contribution < 1.29 is 4.74 Å². The number of hydrogen-bond acceptors (Lipinski definition) is 3. The summed E-state index contributed by atoms with van der Waals surface area (Å²) in [6.45, 7) is 2.53. The zero-order valence-electron chi connectivity index (χ0n) is 6.04. The Kier molecular flexibility index (Phi) is 2.59. The SMILES string of the molecule is CN1CCO[C@H](C(N)=S)C1. The molecule has 0 amide bonds. The summed E-state index contributed by atoms with van der Waals surface area (Å²) in [7, 11) is 2.04. The molecule has 0 radical (unpaired) electrons. The molecule has 1 saturated heterocycles. The Labute approximate surface area is 66.1 Å². The van der Waals surface area contributed by atoms with Crippen LogP contribution in [0.2, 0.25) is 0 Å². The zero-order chi connectivity index (χ0) is 7.56. The van der Waals surface area contributed by atoms with E-state index in [1.807, 2.05) is 7.05 Å². The van der Waals surface area contributed by atoms with E-state index in [-0.39, 0.29) is 6.10 Å². The van der Waals surface area contributed by atoms with Gasteiger partial charge in [-0.05, 0) is 7.05 Å². The maximum Gasteiger partial charge on any atom is 0.120 e. The molecule has 0 saturated carbocycles. The minimum atomic E-state index is -0.0336. The molecule has 1 heterocycles. The third-order valence-corrected chi connectivity index (χ3v) is 1.85. The number of ether oxygens (including phenoxy) is 1. The minimum absolute atomic E-state index is 0.0336. The average molecular weight is 160 g/mol. The second-order valence-corrected chi connectivity index (χ2v) is 3.00. The van der Waals surface area contributed by atoms with Gasteiger partial charge in [-0.15, -0.1) is 0 Å². The zero-order valence-corrected chi connectivity index (χ0v) is 6.86. The topological polar surface area (TPSA) is 38.5 Å². The van der Waals surface area contributed by atoms with Crippen molar-refractivity contribution in [2.24, 2.45) is 5.73 Å². The summed E-state index contributed by atoms with van der Waals surface area (Å²) in [5.74, 6) is 0. The van der Waals surface area contributed by atoms with E-state index in [2.05, 4.69) is 4.90 Å². The first-order chi connectivity index (χ1) is 4.70. The Hall–Kier alpha value is -0.190. The minimum Gasteiger partial charge on any atom is -0.391 e. The molecule has 1 atom stereocenters. The van der Waals surface area contributed by atoms with E-state index in [1.54, 1.807) is 0 Å². The van der Waals surface area contributed by atoms with E-state index in [0.29, 0.717) is 4.99 Å². The fourth-order valence-corrected chi connectivity index (χ4v) is 1.09. The lowest BCUT2D eigenvalue weighted by Crippen LogP contribution is -2.45. The highest BCUT2D eigenvalue weighted by Gasteiger charge is 2.19. The van der Waals surface area contributed by atoms with E-state index in [0.717, 1.165) is 19.7 Å². The summed E-state index contributed by atoms with van der Waals surface area (Å²) in [5.41, 5.74) is 5.41. The third kappa shape index (κ3) is 1.90. The van der Waals surface area contributed by atoms with Crippen molar-refractivity contribution in [3.63, 3.8) is 0 Å². The third-order valence-electron chi connectivity index (χ3n) is 1.59. The molecule has 4 heteroatoms. The molecule has 1 aliphatic heterocycles. The number of rotatable bonds is 1. The molecule has 2 N–H and O–H groups in total. The molecule has 1 fully saturated rings. The second kappa shape index (κ2) is 3.27. The lowest BCUT2D eigenvalue weighted by atomic mass is 10.3. The van der Waals surface area contributed by atoms with Gasteiger partial charge in [0.15, 0.2) is 0 Å². The molecule has 0 aromatic rings. The molecule has 0 aromatic carbocycles. The maximum absolute atomic E-state index is 5.41. The van der Waals surface area contributed by atoms with Crippen molar-refractivity contribution in [1.82, 2.24) is 4.90 Å². The largest absolute Gasteiger partial charge is 0.391 e. The van der Waals surface area contributed by atoms with Gasteiger partial charge in [0.05, 0.1) is 6.61 Å². The van der Waals surface area contributed by atoms with Crippen molar-refractivity contribution in [3.8, 4) is 0 Å². The molecule has 0 aromatic heterocycles. The van der Waals surface area contributed by atoms with Gasteiger partial charge in [0.2, 0.25) is 0 Å². The number of morpholine rings is 1. The van der Waals surface area contributed by atoms with Crippen molar-refractivity contribution in [3.05, 3.63) is 0 Å². The van der Waals surface area contributed by atoms with Crippen LogP contribution in [-0.4, -0.2) is 42.7 Å². The first kappa shape index (κ1) is 7.91. The van der Waals surface area contributed by atoms with Gasteiger partial charge < -0.3 is 15.4 Å². The predicted octanol–water partition coefficient (Wildman–Crippen LogP) is -0.397. The van der Waals surface area contributed by atoms with Crippen molar-refractivity contribution in [1.29, 1.82) is 0 Å². The Morgan fingerprint density at radius 1 is 1.80 bits per heavy atom. The van der Waals surface area contributed by atoms with Crippen LogP contribution in [0.25, 0.3) is 0 Å². The fraction of sp³-hybridized carbons (Fsp3) is 0.833. The summed E-state index contributed by atoms with van der Waals surface area (Å²) in [6.07, 6.45) is -0.0336. The van der Waals surface area contributed by atoms with E-state index < -0.39 is 0 Å². The summed E-state index contributed by atoms with van der Waals surface area (Å²) < 4.78 is 5.30. The molecular weight excluding hydrogens is 148 g/mol. The highest BCUT2D eigenvalue weighted by Crippen LogP contribution is 2.02. The van der Waals surface area contributed by atoms with E-state index in [4.69, 9.17) is 22.7 Å². The Morgan fingerprint density at radius 2 is 2.50 bits per heavy atom. The van der Waals surface area contributed by atoms with E-state index in [9.17, 15) is 0 Å². The van der Waals surface area contributed by atoms with Gasteiger partial charge in [0, 0.05) is 13.1 Å². The number of hydrogen-bond donors (Lipinski definition) is 1. The van der Waals surface area contributed by atoms with E-state index >= 15 is 0 Å². The molecule has 0 unspecified atom stereocenters. The van der Waals surface area contributed by atoms with Gasteiger partial charge in [0.1, 0.15) is 11.1 Å². The molecular formula is C6H12N2OS. The first-order valence-electron chi connectivity index (χ1n) is 3.29. The lowest BCUT2D eigenvalue weighted by Gasteiger charge is -2.28. The quantitative estimate of drug-likeness (QED) is 0.530. The van der Waals surface area contributed by atoms with E-state index in [1.165, 1.54) is 0 Å². The summed E-state index contributed by atoms with van der Waals surface area (Å²) in [4.78, 5) is 2.62. The Bertz CT molecular complexity index is 140. The van der Waals surface area contributed by atoms with Crippen LogP contribution in [0.4, 0.5) is 0 Å². The van der Waals surface area contributed by atoms with Gasteiger partial charge in [-0.1, -0.05) is 12.2 Å².